The number of nitrogens with zero attached hydrogens (tertiary/aromatic N) is 2. The van der Waals surface area contributed by atoms with E-state index in [4.69, 9.17) is 15.0 Å². The fourth-order valence-corrected chi connectivity index (χ4v) is 2.77. The minimum absolute atomic E-state index is 0.162. The lowest BCUT2D eigenvalue weighted by Crippen LogP contribution is -2.12. The van der Waals surface area contributed by atoms with Crippen molar-refractivity contribution in [2.24, 2.45) is 5.73 Å². The maximum absolute atomic E-state index is 10.6. The number of rotatable bonds is 8. The summed E-state index contributed by atoms with van der Waals surface area (Å²) in [4.78, 5) is 15.9. The smallest absolute Gasteiger partial charge is 0.405 e. The third-order valence-electron chi connectivity index (χ3n) is 3.35. The van der Waals surface area contributed by atoms with Crippen LogP contribution in [0.25, 0.3) is 11.4 Å². The molecule has 2 N–H and O–H groups in total. The lowest BCUT2D eigenvalue weighted by molar-refractivity contribution is 0.135. The maximum atomic E-state index is 10.6. The second-order valence-electron chi connectivity index (χ2n) is 5.32. The highest BCUT2D eigenvalue weighted by Gasteiger charge is 2.10. The fraction of sp³-hybridized carbons (Fsp3) is 0.105. The van der Waals surface area contributed by atoms with E-state index in [1.54, 1.807) is 11.8 Å². The van der Waals surface area contributed by atoms with E-state index >= 15 is 0 Å². The highest BCUT2D eigenvalue weighted by atomic mass is 32.2. The van der Waals surface area contributed by atoms with Crippen LogP contribution >= 0.6 is 11.8 Å². The Bertz CT molecular complexity index is 907. The van der Waals surface area contributed by atoms with Gasteiger partial charge in [-0.15, -0.1) is 18.3 Å². The molecule has 1 amide bonds. The molecular formula is C19H17N3O4S. The van der Waals surface area contributed by atoms with E-state index in [9.17, 15) is 4.79 Å². The van der Waals surface area contributed by atoms with Crippen molar-refractivity contribution < 1.29 is 18.8 Å². The van der Waals surface area contributed by atoms with Gasteiger partial charge in [0.05, 0.1) is 0 Å². The zero-order chi connectivity index (χ0) is 19.1. The van der Waals surface area contributed by atoms with Gasteiger partial charge in [0.2, 0.25) is 5.82 Å². The molecule has 0 aliphatic carbocycles. The number of thioether (sulfide) groups is 1. The van der Waals surface area contributed by atoms with Crippen molar-refractivity contribution in [3.63, 3.8) is 0 Å². The molecule has 3 rings (SSSR count). The molecule has 0 aliphatic rings. The van der Waals surface area contributed by atoms with E-state index in [-0.39, 0.29) is 12.5 Å². The molecule has 8 heteroatoms. The zero-order valence-electron chi connectivity index (χ0n) is 14.3. The average Bonchev–Trinajstić information content (AvgIpc) is 3.15. The minimum atomic E-state index is -0.899. The van der Waals surface area contributed by atoms with Gasteiger partial charge < -0.3 is 19.7 Å². The maximum Gasteiger partial charge on any atom is 0.405 e. The third-order valence-corrected chi connectivity index (χ3v) is 4.35. The molecule has 0 bridgehead atoms. The molecule has 0 atom stereocenters. The van der Waals surface area contributed by atoms with Crippen LogP contribution in [-0.2, 0) is 11.3 Å². The summed E-state index contributed by atoms with van der Waals surface area (Å²) < 4.78 is 15.4. The van der Waals surface area contributed by atoms with Gasteiger partial charge in [0, 0.05) is 16.2 Å². The van der Waals surface area contributed by atoms with E-state index in [0.29, 0.717) is 11.6 Å². The van der Waals surface area contributed by atoms with Crippen molar-refractivity contribution >= 4 is 17.9 Å². The van der Waals surface area contributed by atoms with E-state index in [2.05, 4.69) is 21.5 Å². The van der Waals surface area contributed by atoms with Crippen molar-refractivity contribution in [3.8, 4) is 22.9 Å². The summed E-state index contributed by atoms with van der Waals surface area (Å²) in [7, 11) is 0. The molecule has 7 nitrogen and oxygen atoms in total. The monoisotopic (exact) mass is 383 g/mol. The summed E-state index contributed by atoms with van der Waals surface area (Å²) in [5.74, 6) is 2.85. The standard InChI is InChI=1S/C19H17N3O4S/c1-2-11-27-16-9-7-15(8-10-16)25-14-5-3-13(4-6-14)18-21-17(26-22-18)12-24-19(20)23/h2-10H,1,11-12H2,(H2,20,23). The topological polar surface area (TPSA) is 100 Å². The summed E-state index contributed by atoms with van der Waals surface area (Å²) in [5.41, 5.74) is 5.64. The first-order chi connectivity index (χ1) is 13.1. The van der Waals surface area contributed by atoms with E-state index in [1.807, 2.05) is 54.6 Å². The quantitative estimate of drug-likeness (QED) is 0.454. The van der Waals surface area contributed by atoms with Gasteiger partial charge in [0.1, 0.15) is 11.5 Å². The molecule has 0 fully saturated rings. The van der Waals surface area contributed by atoms with Gasteiger partial charge in [-0.05, 0) is 48.5 Å². The zero-order valence-corrected chi connectivity index (χ0v) is 15.1. The Morgan fingerprint density at radius 3 is 2.44 bits per heavy atom. The number of nitrogens with two attached hydrogens (primary N) is 1. The van der Waals surface area contributed by atoms with E-state index in [0.717, 1.165) is 22.0 Å². The van der Waals surface area contributed by atoms with Crippen LogP contribution < -0.4 is 10.5 Å². The number of carbonyl (C=O) groups is 1. The Balaban J connectivity index is 1.61. The second kappa shape index (κ2) is 8.91. The number of primary amides is 1. The van der Waals surface area contributed by atoms with Crippen LogP contribution in [0.3, 0.4) is 0 Å². The highest BCUT2D eigenvalue weighted by Crippen LogP contribution is 2.27. The van der Waals surface area contributed by atoms with Crippen molar-refractivity contribution in [1.82, 2.24) is 10.1 Å². The number of amides is 1. The lowest BCUT2D eigenvalue weighted by atomic mass is 10.2. The van der Waals surface area contributed by atoms with Crippen molar-refractivity contribution in [2.75, 3.05) is 5.75 Å². The summed E-state index contributed by atoms with van der Waals surface area (Å²) >= 11 is 1.71. The number of aromatic nitrogens is 2. The Hall–Kier alpha value is -3.26. The summed E-state index contributed by atoms with van der Waals surface area (Å²) in [5, 5.41) is 3.84. The van der Waals surface area contributed by atoms with Crippen molar-refractivity contribution in [2.45, 2.75) is 11.5 Å². The third kappa shape index (κ3) is 5.35. The van der Waals surface area contributed by atoms with Crippen molar-refractivity contribution in [3.05, 3.63) is 67.1 Å². The second-order valence-corrected chi connectivity index (χ2v) is 6.41. The molecule has 0 saturated carbocycles. The molecule has 0 unspecified atom stereocenters. The molecule has 1 heterocycles. The number of ether oxygens (including phenoxy) is 2. The molecule has 0 aliphatic heterocycles. The number of hydrogen-bond acceptors (Lipinski definition) is 7. The van der Waals surface area contributed by atoms with Gasteiger partial charge in [0.25, 0.3) is 5.89 Å². The normalized spacial score (nSPS) is 10.4. The van der Waals surface area contributed by atoms with Crippen LogP contribution in [-0.4, -0.2) is 22.0 Å². The number of benzene rings is 2. The van der Waals surface area contributed by atoms with Crippen LogP contribution in [0, 0.1) is 0 Å². The Morgan fingerprint density at radius 2 is 1.81 bits per heavy atom. The predicted octanol–water partition coefficient (Wildman–Crippen LogP) is 4.40. The number of carbonyl (C=O) groups excluding carboxylic acids is 1. The molecule has 0 spiro atoms. The van der Waals surface area contributed by atoms with Crippen LogP contribution in [0.1, 0.15) is 5.89 Å². The SMILES string of the molecule is C=CCSc1ccc(Oc2ccc(-c3noc(COC(N)=O)n3)cc2)cc1. The van der Waals surface area contributed by atoms with Crippen LogP contribution in [0.4, 0.5) is 4.79 Å². The number of hydrogen-bond donors (Lipinski definition) is 1. The first-order valence-corrected chi connectivity index (χ1v) is 8.99. The van der Waals surface area contributed by atoms with Gasteiger partial charge in [0.15, 0.2) is 6.61 Å². The Labute approximate surface area is 160 Å². The molecule has 3 aromatic rings. The molecule has 2 aromatic carbocycles. The average molecular weight is 383 g/mol. The van der Waals surface area contributed by atoms with Crippen LogP contribution in [0.5, 0.6) is 11.5 Å². The largest absolute Gasteiger partial charge is 0.457 e. The molecule has 1 aromatic heterocycles. The summed E-state index contributed by atoms with van der Waals surface area (Å²) in [6.07, 6.45) is 0.970. The minimum Gasteiger partial charge on any atom is -0.457 e. The summed E-state index contributed by atoms with van der Waals surface area (Å²) in [6, 6.07) is 15.1. The van der Waals surface area contributed by atoms with Gasteiger partial charge >= 0.3 is 6.09 Å². The van der Waals surface area contributed by atoms with Gasteiger partial charge in [-0.3, -0.25) is 0 Å². The Kier molecular flexibility index (Phi) is 6.11. The van der Waals surface area contributed by atoms with Crippen LogP contribution in [0.2, 0.25) is 0 Å². The first-order valence-electron chi connectivity index (χ1n) is 8.01. The predicted molar refractivity (Wildman–Crippen MR) is 102 cm³/mol. The lowest BCUT2D eigenvalue weighted by Gasteiger charge is -2.07. The fourth-order valence-electron chi connectivity index (χ4n) is 2.13. The van der Waals surface area contributed by atoms with Gasteiger partial charge in [-0.2, -0.15) is 4.98 Å². The highest BCUT2D eigenvalue weighted by molar-refractivity contribution is 7.99. The molecule has 138 valence electrons. The Morgan fingerprint density at radius 1 is 1.15 bits per heavy atom. The van der Waals surface area contributed by atoms with Crippen molar-refractivity contribution in [1.29, 1.82) is 0 Å². The molecular weight excluding hydrogens is 366 g/mol. The summed E-state index contributed by atoms with van der Waals surface area (Å²) in [6.45, 7) is 3.55. The molecule has 27 heavy (non-hydrogen) atoms. The van der Waals surface area contributed by atoms with Gasteiger partial charge in [-0.1, -0.05) is 11.2 Å². The van der Waals surface area contributed by atoms with E-state index in [1.165, 1.54) is 0 Å². The molecule has 0 radical (unpaired) electrons. The van der Waals surface area contributed by atoms with E-state index < -0.39 is 6.09 Å². The molecule has 0 saturated heterocycles. The van der Waals surface area contributed by atoms with Gasteiger partial charge in [-0.25, -0.2) is 4.79 Å². The van der Waals surface area contributed by atoms with Crippen LogP contribution in [0.15, 0.2) is 70.6 Å². The first kappa shape index (κ1) is 18.5.